The molecule has 0 radical (unpaired) electrons. The van der Waals surface area contributed by atoms with Crippen molar-refractivity contribution in [2.75, 3.05) is 23.3 Å². The van der Waals surface area contributed by atoms with Gasteiger partial charge in [-0.2, -0.15) is 9.90 Å². The van der Waals surface area contributed by atoms with E-state index >= 15 is 0 Å². The van der Waals surface area contributed by atoms with Crippen LogP contribution in [0.25, 0.3) is 0 Å². The van der Waals surface area contributed by atoms with Gasteiger partial charge in [-0.15, -0.1) is 5.10 Å². The molecule has 1 aliphatic rings. The summed E-state index contributed by atoms with van der Waals surface area (Å²) in [4.78, 5) is 20.6. The maximum absolute atomic E-state index is 12.3. The van der Waals surface area contributed by atoms with Crippen LogP contribution in [0.2, 0.25) is 0 Å². The van der Waals surface area contributed by atoms with Crippen LogP contribution in [0.3, 0.4) is 0 Å². The largest absolute Gasteiger partial charge is 0.357 e. The van der Waals surface area contributed by atoms with E-state index in [1.165, 1.54) is 18.4 Å². The van der Waals surface area contributed by atoms with Crippen molar-refractivity contribution >= 4 is 17.5 Å². The highest BCUT2D eigenvalue weighted by molar-refractivity contribution is 5.91. The number of nitrogens with one attached hydrogen (secondary N) is 1. The number of aromatic nitrogens is 4. The van der Waals surface area contributed by atoms with Gasteiger partial charge in [0.15, 0.2) is 5.82 Å². The highest BCUT2D eigenvalue weighted by atomic mass is 16.1. The molecular weight excluding hydrogens is 352 g/mol. The van der Waals surface area contributed by atoms with E-state index in [-0.39, 0.29) is 12.3 Å². The highest BCUT2D eigenvalue weighted by Gasteiger charge is 2.14. The number of aryl methyl sites for hydroxylation is 1. The van der Waals surface area contributed by atoms with Crippen molar-refractivity contribution < 1.29 is 4.79 Å². The molecule has 0 saturated carbocycles. The number of benzene rings is 1. The van der Waals surface area contributed by atoms with Crippen molar-refractivity contribution in [2.45, 2.75) is 32.7 Å². The Morgan fingerprint density at radius 2 is 1.79 bits per heavy atom. The zero-order valence-electron chi connectivity index (χ0n) is 16.0. The van der Waals surface area contributed by atoms with Gasteiger partial charge in [-0.05, 0) is 37.0 Å². The van der Waals surface area contributed by atoms with E-state index in [1.54, 1.807) is 17.2 Å². The Hall–Kier alpha value is -3.22. The molecule has 1 N–H and O–H groups in total. The lowest BCUT2D eigenvalue weighted by Crippen LogP contribution is -2.19. The first-order valence-electron chi connectivity index (χ1n) is 9.61. The monoisotopic (exact) mass is 376 g/mol. The molecule has 7 nitrogen and oxygen atoms in total. The molecule has 144 valence electrons. The molecule has 1 aliphatic heterocycles. The first-order valence-corrected chi connectivity index (χ1v) is 9.61. The molecule has 0 bridgehead atoms. The SMILES string of the molecule is Cc1ccc(Cn2ncc(NC(=O)Cc3ccc(N4CCCC4)nc3)n2)cc1. The van der Waals surface area contributed by atoms with Crippen LogP contribution in [-0.4, -0.2) is 39.0 Å². The first kappa shape index (κ1) is 18.2. The smallest absolute Gasteiger partial charge is 0.230 e. The van der Waals surface area contributed by atoms with Crippen molar-refractivity contribution in [3.63, 3.8) is 0 Å². The van der Waals surface area contributed by atoms with Crippen LogP contribution in [0.5, 0.6) is 0 Å². The minimum Gasteiger partial charge on any atom is -0.357 e. The van der Waals surface area contributed by atoms with E-state index in [4.69, 9.17) is 0 Å². The van der Waals surface area contributed by atoms with Gasteiger partial charge < -0.3 is 10.2 Å². The molecule has 1 fully saturated rings. The topological polar surface area (TPSA) is 75.9 Å². The Balaban J connectivity index is 1.31. The van der Waals surface area contributed by atoms with Gasteiger partial charge in [0, 0.05) is 19.3 Å². The van der Waals surface area contributed by atoms with Crippen LogP contribution in [0.15, 0.2) is 48.8 Å². The van der Waals surface area contributed by atoms with Gasteiger partial charge in [-0.3, -0.25) is 4.79 Å². The number of amides is 1. The highest BCUT2D eigenvalue weighted by Crippen LogP contribution is 2.17. The molecule has 1 aromatic carbocycles. The van der Waals surface area contributed by atoms with E-state index in [9.17, 15) is 4.79 Å². The first-order chi connectivity index (χ1) is 13.7. The van der Waals surface area contributed by atoms with Crippen LogP contribution < -0.4 is 10.2 Å². The summed E-state index contributed by atoms with van der Waals surface area (Å²) >= 11 is 0. The molecule has 4 rings (SSSR count). The fourth-order valence-electron chi connectivity index (χ4n) is 3.31. The summed E-state index contributed by atoms with van der Waals surface area (Å²) in [7, 11) is 0. The molecule has 3 aromatic rings. The van der Waals surface area contributed by atoms with Crippen molar-refractivity contribution in [1.82, 2.24) is 20.0 Å². The average molecular weight is 376 g/mol. The number of hydrogen-bond donors (Lipinski definition) is 1. The summed E-state index contributed by atoms with van der Waals surface area (Å²) in [5.41, 5.74) is 3.21. The normalized spacial score (nSPS) is 13.7. The predicted molar refractivity (Wildman–Crippen MR) is 108 cm³/mol. The fourth-order valence-corrected chi connectivity index (χ4v) is 3.31. The van der Waals surface area contributed by atoms with Crippen LogP contribution in [0.1, 0.15) is 29.5 Å². The van der Waals surface area contributed by atoms with Gasteiger partial charge >= 0.3 is 0 Å². The molecular formula is C21H24N6O. The van der Waals surface area contributed by atoms with E-state index in [1.807, 2.05) is 12.1 Å². The lowest BCUT2D eigenvalue weighted by atomic mass is 10.1. The molecule has 3 heterocycles. The molecule has 28 heavy (non-hydrogen) atoms. The van der Waals surface area contributed by atoms with Crippen molar-refractivity contribution in [3.8, 4) is 0 Å². The van der Waals surface area contributed by atoms with Gasteiger partial charge in [0.25, 0.3) is 0 Å². The Morgan fingerprint density at radius 1 is 1.04 bits per heavy atom. The minimum atomic E-state index is -0.127. The fraction of sp³-hybridized carbons (Fsp3) is 0.333. The zero-order valence-corrected chi connectivity index (χ0v) is 16.0. The van der Waals surface area contributed by atoms with E-state index in [0.717, 1.165) is 30.0 Å². The summed E-state index contributed by atoms with van der Waals surface area (Å²) in [5.74, 6) is 1.32. The Labute approximate surface area is 164 Å². The van der Waals surface area contributed by atoms with Gasteiger partial charge in [0.1, 0.15) is 5.82 Å². The molecule has 0 spiro atoms. The van der Waals surface area contributed by atoms with Gasteiger partial charge in [0.2, 0.25) is 5.91 Å². The van der Waals surface area contributed by atoms with Crippen LogP contribution in [-0.2, 0) is 17.8 Å². The van der Waals surface area contributed by atoms with Crippen molar-refractivity contribution in [2.24, 2.45) is 0 Å². The molecule has 1 amide bonds. The third-order valence-electron chi connectivity index (χ3n) is 4.85. The Kier molecular flexibility index (Phi) is 5.32. The lowest BCUT2D eigenvalue weighted by molar-refractivity contribution is -0.115. The summed E-state index contributed by atoms with van der Waals surface area (Å²) in [6.45, 7) is 4.74. The second kappa shape index (κ2) is 8.21. The minimum absolute atomic E-state index is 0.127. The van der Waals surface area contributed by atoms with E-state index in [2.05, 4.69) is 56.6 Å². The maximum Gasteiger partial charge on any atom is 0.230 e. The number of nitrogens with zero attached hydrogens (tertiary/aromatic N) is 5. The zero-order chi connectivity index (χ0) is 19.3. The summed E-state index contributed by atoms with van der Waals surface area (Å²) in [6, 6.07) is 12.2. The Morgan fingerprint density at radius 3 is 2.50 bits per heavy atom. The average Bonchev–Trinajstić information content (AvgIpc) is 3.37. The van der Waals surface area contributed by atoms with Crippen LogP contribution >= 0.6 is 0 Å². The lowest BCUT2D eigenvalue weighted by Gasteiger charge is -2.16. The molecule has 0 atom stereocenters. The molecule has 0 aliphatic carbocycles. The number of rotatable bonds is 6. The Bertz CT molecular complexity index is 926. The third kappa shape index (κ3) is 4.54. The standard InChI is InChI=1S/C21H24N6O/c1-16-4-6-17(7-5-16)15-27-23-14-19(25-27)24-21(28)12-18-8-9-20(22-13-18)26-10-2-3-11-26/h4-9,13-14H,2-3,10-12,15H2,1H3,(H,24,25,28). The second-order valence-corrected chi connectivity index (χ2v) is 7.19. The van der Waals surface area contributed by atoms with Crippen molar-refractivity contribution in [1.29, 1.82) is 0 Å². The second-order valence-electron chi connectivity index (χ2n) is 7.19. The van der Waals surface area contributed by atoms with Crippen LogP contribution in [0.4, 0.5) is 11.6 Å². The summed E-state index contributed by atoms with van der Waals surface area (Å²) in [6.07, 6.45) is 6.05. The summed E-state index contributed by atoms with van der Waals surface area (Å²) in [5, 5.41) is 11.4. The molecule has 7 heteroatoms. The third-order valence-corrected chi connectivity index (χ3v) is 4.85. The molecule has 0 unspecified atom stereocenters. The van der Waals surface area contributed by atoms with Crippen LogP contribution in [0, 0.1) is 6.92 Å². The van der Waals surface area contributed by atoms with E-state index in [0.29, 0.717) is 12.4 Å². The van der Waals surface area contributed by atoms with Gasteiger partial charge in [-0.1, -0.05) is 35.9 Å². The van der Waals surface area contributed by atoms with Crippen molar-refractivity contribution in [3.05, 3.63) is 65.5 Å². The predicted octanol–water partition coefficient (Wildman–Crippen LogP) is 2.81. The quantitative estimate of drug-likeness (QED) is 0.716. The van der Waals surface area contributed by atoms with E-state index < -0.39 is 0 Å². The van der Waals surface area contributed by atoms with Gasteiger partial charge in [-0.25, -0.2) is 4.98 Å². The number of hydrogen-bond acceptors (Lipinski definition) is 5. The number of pyridine rings is 1. The maximum atomic E-state index is 12.3. The molecule has 2 aromatic heterocycles. The number of carbonyl (C=O) groups excluding carboxylic acids is 1. The van der Waals surface area contributed by atoms with Gasteiger partial charge in [0.05, 0.1) is 19.2 Å². The summed E-state index contributed by atoms with van der Waals surface area (Å²) < 4.78 is 0. The molecule has 1 saturated heterocycles. The number of anilines is 2. The number of carbonyl (C=O) groups is 1.